The van der Waals surface area contributed by atoms with Gasteiger partial charge >= 0.3 is 0 Å². The van der Waals surface area contributed by atoms with E-state index in [-0.39, 0.29) is 10.9 Å². The van der Waals surface area contributed by atoms with Gasteiger partial charge in [0.25, 0.3) is 0 Å². The maximum atomic E-state index is 13.9. The number of benzene rings is 1. The second-order valence-corrected chi connectivity index (χ2v) is 6.19. The van der Waals surface area contributed by atoms with Crippen molar-refractivity contribution in [2.24, 2.45) is 5.92 Å². The number of hydrogen-bond acceptors (Lipinski definition) is 2. The Kier molecular flexibility index (Phi) is 4.13. The van der Waals surface area contributed by atoms with Crippen LogP contribution in [-0.2, 0) is 11.3 Å². The van der Waals surface area contributed by atoms with Crippen molar-refractivity contribution >= 4 is 22.6 Å². The zero-order valence-electron chi connectivity index (χ0n) is 11.8. The molecule has 2 atom stereocenters. The summed E-state index contributed by atoms with van der Waals surface area (Å²) in [6.07, 6.45) is 2.04. The van der Waals surface area contributed by atoms with E-state index >= 15 is 0 Å². The zero-order chi connectivity index (χ0) is 15.0. The number of nitrogens with zero attached hydrogens (tertiary/aromatic N) is 2. The van der Waals surface area contributed by atoms with E-state index in [1.54, 1.807) is 6.92 Å². The van der Waals surface area contributed by atoms with E-state index in [2.05, 4.69) is 4.98 Å². The van der Waals surface area contributed by atoms with Crippen LogP contribution in [-0.4, -0.2) is 22.8 Å². The van der Waals surface area contributed by atoms with Gasteiger partial charge in [-0.15, -0.1) is 11.6 Å². The minimum atomic E-state index is -0.651. The summed E-state index contributed by atoms with van der Waals surface area (Å²) in [6, 6.07) is 2.17. The summed E-state index contributed by atoms with van der Waals surface area (Å²) in [6.45, 7) is 3.84. The van der Waals surface area contributed by atoms with Crippen LogP contribution >= 0.6 is 11.6 Å². The topological polar surface area (TPSA) is 27.1 Å². The molecule has 3 nitrogen and oxygen atoms in total. The highest BCUT2D eigenvalue weighted by atomic mass is 35.5. The summed E-state index contributed by atoms with van der Waals surface area (Å²) in [7, 11) is 0. The summed E-state index contributed by atoms with van der Waals surface area (Å²) >= 11 is 6.16. The van der Waals surface area contributed by atoms with Crippen LogP contribution in [0.1, 0.15) is 31.0 Å². The summed E-state index contributed by atoms with van der Waals surface area (Å²) in [5.74, 6) is -0.365. The fourth-order valence-electron chi connectivity index (χ4n) is 2.87. The van der Waals surface area contributed by atoms with Gasteiger partial charge in [0, 0.05) is 25.1 Å². The third-order valence-corrected chi connectivity index (χ3v) is 4.05. The molecule has 1 saturated heterocycles. The standard InChI is InChI=1S/C15H17ClF2N2O/c1-9(16)15-19-14-12(18)5-11(17)6-13(14)20(15)7-10-3-2-4-21-8-10/h5-6,9-10H,2-4,7-8H2,1H3. The normalized spacial score (nSPS) is 20.9. The van der Waals surface area contributed by atoms with Crippen LogP contribution in [0, 0.1) is 17.6 Å². The van der Waals surface area contributed by atoms with E-state index < -0.39 is 11.6 Å². The minimum Gasteiger partial charge on any atom is -0.381 e. The average Bonchev–Trinajstić information content (AvgIpc) is 2.79. The van der Waals surface area contributed by atoms with E-state index in [9.17, 15) is 8.78 Å². The smallest absolute Gasteiger partial charge is 0.153 e. The van der Waals surface area contributed by atoms with Crippen molar-refractivity contribution in [1.82, 2.24) is 9.55 Å². The first-order valence-corrected chi connectivity index (χ1v) is 7.57. The van der Waals surface area contributed by atoms with Crippen molar-refractivity contribution in [1.29, 1.82) is 0 Å². The third kappa shape index (κ3) is 2.90. The second kappa shape index (κ2) is 5.89. The number of fused-ring (bicyclic) bond motifs is 1. The molecule has 0 bridgehead atoms. The number of imidazole rings is 1. The first kappa shape index (κ1) is 14.7. The quantitative estimate of drug-likeness (QED) is 0.799. The Balaban J connectivity index is 2.06. The molecule has 114 valence electrons. The third-order valence-electron chi connectivity index (χ3n) is 3.85. The van der Waals surface area contributed by atoms with Crippen molar-refractivity contribution in [3.63, 3.8) is 0 Å². The largest absolute Gasteiger partial charge is 0.381 e. The maximum Gasteiger partial charge on any atom is 0.153 e. The van der Waals surface area contributed by atoms with E-state index in [1.807, 2.05) is 4.57 Å². The molecule has 2 unspecified atom stereocenters. The van der Waals surface area contributed by atoms with Crippen LogP contribution in [0.5, 0.6) is 0 Å². The summed E-state index contributed by atoms with van der Waals surface area (Å²) in [5.41, 5.74) is 0.635. The highest BCUT2D eigenvalue weighted by Crippen LogP contribution is 2.29. The van der Waals surface area contributed by atoms with Crippen molar-refractivity contribution < 1.29 is 13.5 Å². The van der Waals surface area contributed by atoms with Gasteiger partial charge in [-0.05, 0) is 25.8 Å². The molecule has 1 aromatic carbocycles. The van der Waals surface area contributed by atoms with Gasteiger partial charge in [0.1, 0.15) is 17.2 Å². The van der Waals surface area contributed by atoms with Crippen molar-refractivity contribution in [2.45, 2.75) is 31.7 Å². The molecule has 1 aliphatic heterocycles. The lowest BCUT2D eigenvalue weighted by atomic mass is 10.0. The second-order valence-electron chi connectivity index (χ2n) is 5.54. The lowest BCUT2D eigenvalue weighted by Crippen LogP contribution is -2.23. The molecule has 0 N–H and O–H groups in total. The van der Waals surface area contributed by atoms with Crippen LogP contribution in [0.15, 0.2) is 12.1 Å². The van der Waals surface area contributed by atoms with Gasteiger partial charge in [0.15, 0.2) is 5.82 Å². The SMILES string of the molecule is CC(Cl)c1nc2c(F)cc(F)cc2n1CC1CCCOC1. The molecule has 0 amide bonds. The van der Waals surface area contributed by atoms with Crippen molar-refractivity contribution in [3.8, 4) is 0 Å². The van der Waals surface area contributed by atoms with Crippen LogP contribution in [0.2, 0.25) is 0 Å². The lowest BCUT2D eigenvalue weighted by Gasteiger charge is -2.23. The number of alkyl halides is 1. The molecule has 2 aromatic rings. The summed E-state index contributed by atoms with van der Waals surface area (Å²) < 4.78 is 34.7. The molecule has 1 fully saturated rings. The molecule has 0 spiro atoms. The van der Waals surface area contributed by atoms with Gasteiger partial charge in [0.2, 0.25) is 0 Å². The van der Waals surface area contributed by atoms with Crippen LogP contribution in [0.25, 0.3) is 11.0 Å². The minimum absolute atomic E-state index is 0.177. The van der Waals surface area contributed by atoms with Gasteiger partial charge in [-0.2, -0.15) is 0 Å². The van der Waals surface area contributed by atoms with Crippen LogP contribution < -0.4 is 0 Å². The molecule has 6 heteroatoms. The van der Waals surface area contributed by atoms with Crippen LogP contribution in [0.3, 0.4) is 0 Å². The molecule has 0 saturated carbocycles. The Morgan fingerprint density at radius 3 is 2.95 bits per heavy atom. The lowest BCUT2D eigenvalue weighted by molar-refractivity contribution is 0.0485. The van der Waals surface area contributed by atoms with Crippen LogP contribution in [0.4, 0.5) is 8.78 Å². The summed E-state index contributed by atoms with van der Waals surface area (Å²) in [4.78, 5) is 4.27. The first-order chi connectivity index (χ1) is 10.1. The number of rotatable bonds is 3. The highest BCUT2D eigenvalue weighted by Gasteiger charge is 2.22. The zero-order valence-corrected chi connectivity index (χ0v) is 12.5. The Labute approximate surface area is 126 Å². The van der Waals surface area contributed by atoms with E-state index in [1.165, 1.54) is 6.07 Å². The number of aromatic nitrogens is 2. The predicted molar refractivity (Wildman–Crippen MR) is 77.5 cm³/mol. The number of halogens is 3. The Hall–Kier alpha value is -1.20. The van der Waals surface area contributed by atoms with Gasteiger partial charge in [-0.3, -0.25) is 0 Å². The monoisotopic (exact) mass is 314 g/mol. The van der Waals surface area contributed by atoms with Crippen molar-refractivity contribution in [3.05, 3.63) is 29.6 Å². The van der Waals surface area contributed by atoms with Crippen molar-refractivity contribution in [2.75, 3.05) is 13.2 Å². The Morgan fingerprint density at radius 1 is 1.48 bits per heavy atom. The molecule has 1 aliphatic rings. The van der Waals surface area contributed by atoms with E-state index in [0.29, 0.717) is 30.4 Å². The molecule has 0 radical (unpaired) electrons. The molecule has 3 rings (SSSR count). The van der Waals surface area contributed by atoms with Gasteiger partial charge in [-0.25, -0.2) is 13.8 Å². The number of hydrogen-bond donors (Lipinski definition) is 0. The van der Waals surface area contributed by atoms with Gasteiger partial charge in [0.05, 0.1) is 17.5 Å². The highest BCUT2D eigenvalue weighted by molar-refractivity contribution is 6.20. The molecular weight excluding hydrogens is 298 g/mol. The molecule has 0 aliphatic carbocycles. The van der Waals surface area contributed by atoms with Gasteiger partial charge in [-0.1, -0.05) is 0 Å². The first-order valence-electron chi connectivity index (χ1n) is 7.13. The Morgan fingerprint density at radius 2 is 2.29 bits per heavy atom. The van der Waals surface area contributed by atoms with Gasteiger partial charge < -0.3 is 9.30 Å². The molecule has 1 aromatic heterocycles. The molecule has 21 heavy (non-hydrogen) atoms. The number of ether oxygens (including phenoxy) is 1. The van der Waals surface area contributed by atoms with E-state index in [4.69, 9.17) is 16.3 Å². The fourth-order valence-corrected chi connectivity index (χ4v) is 3.04. The molecular formula is C15H17ClF2N2O. The maximum absolute atomic E-state index is 13.9. The Bertz CT molecular complexity index is 651. The fraction of sp³-hybridized carbons (Fsp3) is 0.533. The predicted octanol–water partition coefficient (Wildman–Crippen LogP) is 4.04. The van der Waals surface area contributed by atoms with E-state index in [0.717, 1.165) is 25.5 Å². The summed E-state index contributed by atoms with van der Waals surface area (Å²) in [5, 5.41) is -0.371. The molecule has 2 heterocycles. The average molecular weight is 315 g/mol.